The number of rotatable bonds is 5. The summed E-state index contributed by atoms with van der Waals surface area (Å²) in [4.78, 5) is 23.6. The topological polar surface area (TPSA) is 72.3 Å². The third-order valence-corrected chi connectivity index (χ3v) is 5.25. The second-order valence-electron chi connectivity index (χ2n) is 7.14. The lowest BCUT2D eigenvalue weighted by atomic mass is 9.98. The zero-order valence-electron chi connectivity index (χ0n) is 14.9. The Balaban J connectivity index is 1.41. The third-order valence-electron chi connectivity index (χ3n) is 5.25. The average Bonchev–Trinajstić information content (AvgIpc) is 3.15. The first-order valence-electron chi connectivity index (χ1n) is 9.27. The molecule has 0 saturated carbocycles. The summed E-state index contributed by atoms with van der Waals surface area (Å²) in [7, 11) is 0. The summed E-state index contributed by atoms with van der Waals surface area (Å²) in [5.74, 6) is 0.683. The molecule has 2 aromatic rings. The van der Waals surface area contributed by atoms with Gasteiger partial charge >= 0.3 is 0 Å². The molecule has 0 aliphatic carbocycles. The number of carbonyl (C=O) groups is 1. The molecule has 0 aromatic carbocycles. The number of hydrogen-bond donors (Lipinski definition) is 1. The minimum absolute atomic E-state index is 0.0322. The number of pyridine rings is 1. The Bertz CT molecular complexity index is 727. The van der Waals surface area contributed by atoms with Crippen LogP contribution in [0.5, 0.6) is 0 Å². The molecular weight excluding hydrogens is 330 g/mol. The van der Waals surface area contributed by atoms with E-state index < -0.39 is 0 Å². The van der Waals surface area contributed by atoms with Gasteiger partial charge in [-0.05, 0) is 30.4 Å². The fraction of sp³-hybridized carbons (Fsp3) is 0.526. The quantitative estimate of drug-likeness (QED) is 0.877. The molecule has 1 unspecified atom stereocenters. The van der Waals surface area contributed by atoms with Crippen molar-refractivity contribution in [2.45, 2.75) is 32.0 Å². The van der Waals surface area contributed by atoms with Gasteiger partial charge < -0.3 is 14.6 Å². The van der Waals surface area contributed by atoms with Crippen molar-refractivity contribution in [2.24, 2.45) is 5.92 Å². The van der Waals surface area contributed by atoms with Crippen molar-refractivity contribution >= 4 is 5.91 Å². The van der Waals surface area contributed by atoms with Crippen molar-refractivity contribution in [3.05, 3.63) is 48.3 Å². The molecule has 1 atom stereocenters. The zero-order chi connectivity index (χ0) is 17.8. The molecule has 26 heavy (non-hydrogen) atoms. The highest BCUT2D eigenvalue weighted by Crippen LogP contribution is 2.24. The van der Waals surface area contributed by atoms with Gasteiger partial charge in [0, 0.05) is 58.0 Å². The van der Waals surface area contributed by atoms with Crippen LogP contribution in [0, 0.1) is 5.92 Å². The van der Waals surface area contributed by atoms with E-state index in [0.717, 1.165) is 56.9 Å². The Labute approximate surface area is 153 Å². The van der Waals surface area contributed by atoms with E-state index in [-0.39, 0.29) is 11.9 Å². The minimum atomic E-state index is -0.238. The number of hydrogen-bond acceptors (Lipinski definition) is 5. The summed E-state index contributed by atoms with van der Waals surface area (Å²) in [5, 5.41) is 3.05. The molecular formula is C19H25N5O2. The van der Waals surface area contributed by atoms with Crippen molar-refractivity contribution in [1.29, 1.82) is 0 Å². The smallest absolute Gasteiger partial charge is 0.244 e. The standard InChI is InChI=1S/C19H25N5O2/c25-19(22-9-16-2-1-5-20-8-16)18-13-23(11-15-3-6-26-7-4-15)12-17-10-21-14-24(17)18/h1-2,5,8,10,14-15,18H,3-4,6-7,9,11-13H2,(H,22,25). The average molecular weight is 355 g/mol. The monoisotopic (exact) mass is 355 g/mol. The molecule has 2 aliphatic rings. The van der Waals surface area contributed by atoms with Crippen LogP contribution in [-0.2, 0) is 22.6 Å². The largest absolute Gasteiger partial charge is 0.381 e. The van der Waals surface area contributed by atoms with E-state index in [0.29, 0.717) is 12.5 Å². The molecule has 1 saturated heterocycles. The lowest BCUT2D eigenvalue weighted by molar-refractivity contribution is -0.125. The molecule has 4 heterocycles. The fourth-order valence-electron chi connectivity index (χ4n) is 3.81. The van der Waals surface area contributed by atoms with Crippen LogP contribution in [0.15, 0.2) is 37.1 Å². The summed E-state index contributed by atoms with van der Waals surface area (Å²) in [6, 6.07) is 3.61. The van der Waals surface area contributed by atoms with Crippen molar-refractivity contribution in [3.8, 4) is 0 Å². The maximum Gasteiger partial charge on any atom is 0.244 e. The molecule has 2 aliphatic heterocycles. The van der Waals surface area contributed by atoms with Gasteiger partial charge in [0.1, 0.15) is 6.04 Å². The SMILES string of the molecule is O=C(NCc1cccnc1)C1CN(CC2CCOCC2)Cc2cncn21. The van der Waals surface area contributed by atoms with Crippen LogP contribution in [-0.4, -0.2) is 51.6 Å². The fourth-order valence-corrected chi connectivity index (χ4v) is 3.81. The first-order chi connectivity index (χ1) is 12.8. The summed E-state index contributed by atoms with van der Waals surface area (Å²) in [6.07, 6.45) is 9.37. The molecule has 1 N–H and O–H groups in total. The number of amides is 1. The number of carbonyl (C=O) groups excluding carboxylic acids is 1. The van der Waals surface area contributed by atoms with Gasteiger partial charge in [0.2, 0.25) is 5.91 Å². The highest BCUT2D eigenvalue weighted by molar-refractivity contribution is 5.80. The zero-order valence-corrected chi connectivity index (χ0v) is 14.9. The van der Waals surface area contributed by atoms with Gasteiger partial charge in [-0.3, -0.25) is 14.7 Å². The van der Waals surface area contributed by atoms with Crippen molar-refractivity contribution < 1.29 is 9.53 Å². The Morgan fingerprint density at radius 3 is 2.96 bits per heavy atom. The molecule has 138 valence electrons. The number of ether oxygens (including phenoxy) is 1. The van der Waals surface area contributed by atoms with E-state index in [1.165, 1.54) is 0 Å². The molecule has 7 nitrogen and oxygen atoms in total. The maximum atomic E-state index is 12.8. The van der Waals surface area contributed by atoms with E-state index >= 15 is 0 Å². The normalized spacial score (nSPS) is 21.3. The predicted molar refractivity (Wildman–Crippen MR) is 96.2 cm³/mol. The number of nitrogens with zero attached hydrogens (tertiary/aromatic N) is 4. The number of aromatic nitrogens is 3. The highest BCUT2D eigenvalue weighted by atomic mass is 16.5. The lowest BCUT2D eigenvalue weighted by Crippen LogP contribution is -2.46. The Morgan fingerprint density at radius 1 is 1.27 bits per heavy atom. The highest BCUT2D eigenvalue weighted by Gasteiger charge is 2.31. The van der Waals surface area contributed by atoms with Gasteiger partial charge in [-0.15, -0.1) is 0 Å². The van der Waals surface area contributed by atoms with E-state index in [2.05, 4.69) is 20.2 Å². The number of nitrogens with one attached hydrogen (secondary N) is 1. The van der Waals surface area contributed by atoms with Crippen molar-refractivity contribution in [2.75, 3.05) is 26.3 Å². The number of imidazole rings is 1. The van der Waals surface area contributed by atoms with Crippen LogP contribution >= 0.6 is 0 Å². The van der Waals surface area contributed by atoms with Gasteiger partial charge in [0.15, 0.2) is 0 Å². The van der Waals surface area contributed by atoms with Gasteiger partial charge in [-0.2, -0.15) is 0 Å². The van der Waals surface area contributed by atoms with Crippen molar-refractivity contribution in [3.63, 3.8) is 0 Å². The molecule has 1 amide bonds. The third kappa shape index (κ3) is 3.94. The molecule has 1 fully saturated rings. The molecule has 0 spiro atoms. The summed E-state index contributed by atoms with van der Waals surface area (Å²) in [5.41, 5.74) is 2.10. The molecule has 7 heteroatoms. The van der Waals surface area contributed by atoms with Gasteiger partial charge in [0.25, 0.3) is 0 Å². The van der Waals surface area contributed by atoms with E-state index in [9.17, 15) is 4.79 Å². The number of fused-ring (bicyclic) bond motifs is 1. The first kappa shape index (κ1) is 17.2. The van der Waals surface area contributed by atoms with Gasteiger partial charge in [0.05, 0.1) is 12.0 Å². The van der Waals surface area contributed by atoms with Crippen LogP contribution in [0.25, 0.3) is 0 Å². The summed E-state index contributed by atoms with van der Waals surface area (Å²) < 4.78 is 7.48. The summed E-state index contributed by atoms with van der Waals surface area (Å²) >= 11 is 0. The second-order valence-corrected chi connectivity index (χ2v) is 7.14. The Kier molecular flexibility index (Phi) is 5.26. The van der Waals surface area contributed by atoms with E-state index in [4.69, 9.17) is 4.74 Å². The molecule has 4 rings (SSSR count). The molecule has 2 aromatic heterocycles. The second kappa shape index (κ2) is 7.97. The van der Waals surface area contributed by atoms with Crippen LogP contribution in [0.2, 0.25) is 0 Å². The van der Waals surface area contributed by atoms with Crippen LogP contribution in [0.1, 0.15) is 30.1 Å². The van der Waals surface area contributed by atoms with Gasteiger partial charge in [-0.1, -0.05) is 6.07 Å². The van der Waals surface area contributed by atoms with Crippen molar-refractivity contribution in [1.82, 2.24) is 24.8 Å². The van der Waals surface area contributed by atoms with E-state index in [1.54, 1.807) is 18.7 Å². The van der Waals surface area contributed by atoms with Crippen LogP contribution < -0.4 is 5.32 Å². The van der Waals surface area contributed by atoms with Crippen LogP contribution in [0.3, 0.4) is 0 Å². The Hall–Kier alpha value is -2.25. The molecule has 0 radical (unpaired) electrons. The summed E-state index contributed by atoms with van der Waals surface area (Å²) in [6.45, 7) is 4.79. The first-order valence-corrected chi connectivity index (χ1v) is 9.27. The van der Waals surface area contributed by atoms with E-state index in [1.807, 2.05) is 22.9 Å². The van der Waals surface area contributed by atoms with Gasteiger partial charge in [-0.25, -0.2) is 4.98 Å². The predicted octanol–water partition coefficient (Wildman–Crippen LogP) is 1.38. The molecule has 0 bridgehead atoms. The minimum Gasteiger partial charge on any atom is -0.381 e. The van der Waals surface area contributed by atoms with Crippen LogP contribution in [0.4, 0.5) is 0 Å². The lowest BCUT2D eigenvalue weighted by Gasteiger charge is -2.36. The maximum absolute atomic E-state index is 12.8. The Morgan fingerprint density at radius 2 is 2.15 bits per heavy atom.